The van der Waals surface area contributed by atoms with Crippen molar-refractivity contribution < 1.29 is 9.59 Å². The Kier molecular flexibility index (Phi) is 8.72. The van der Waals surface area contributed by atoms with Gasteiger partial charge in [-0.3, -0.25) is 0 Å². The van der Waals surface area contributed by atoms with Gasteiger partial charge in [0.2, 0.25) is 0 Å². The molecule has 0 heterocycles. The average Bonchev–Trinajstić information content (AvgIpc) is 2.90. The van der Waals surface area contributed by atoms with Crippen molar-refractivity contribution >= 4 is 47.0 Å². The number of nitrogens with one attached hydrogen (secondary N) is 2. The second kappa shape index (κ2) is 12.4. The van der Waals surface area contributed by atoms with Crippen LogP contribution in [0.25, 0.3) is 0 Å². The fourth-order valence-electron chi connectivity index (χ4n) is 3.29. The first-order valence-corrected chi connectivity index (χ1v) is 16.9. The Labute approximate surface area is 211 Å². The van der Waals surface area contributed by atoms with Gasteiger partial charge in [-0.2, -0.15) is 0 Å². The van der Waals surface area contributed by atoms with Crippen LogP contribution in [-0.2, 0) is 13.1 Å². The third-order valence-electron chi connectivity index (χ3n) is 5.08. The van der Waals surface area contributed by atoms with E-state index in [1.165, 1.54) is 0 Å². The molecule has 0 aliphatic rings. The Bertz CT molecular complexity index is 1150. The summed E-state index contributed by atoms with van der Waals surface area (Å²) in [5.41, 5.74) is 3.56. The van der Waals surface area contributed by atoms with E-state index in [0.29, 0.717) is 24.2 Å². The second-order valence-electron chi connectivity index (χ2n) is 7.50. The number of rotatable bonds is 9. The molecule has 0 saturated heterocycles. The van der Waals surface area contributed by atoms with Crippen LogP contribution in [0.4, 0.5) is 0 Å². The van der Waals surface area contributed by atoms with E-state index in [1.54, 1.807) is 0 Å². The normalized spacial score (nSPS) is 10.5. The number of hydrogen-bond acceptors (Lipinski definition) is 2. The SMILES string of the molecule is O=C(NCc1ccccc1)c1ccccc1[Se][Se]c1ccccc1C(=O)NCc1ccccc1. The molecule has 0 aliphatic carbocycles. The first-order valence-electron chi connectivity index (χ1n) is 10.9. The number of benzene rings is 4. The summed E-state index contributed by atoms with van der Waals surface area (Å²) < 4.78 is 2.11. The van der Waals surface area contributed by atoms with E-state index in [-0.39, 0.29) is 38.1 Å². The molecule has 4 aromatic carbocycles. The van der Waals surface area contributed by atoms with Crippen molar-refractivity contribution in [3.8, 4) is 0 Å². The van der Waals surface area contributed by atoms with E-state index in [2.05, 4.69) is 10.6 Å². The molecule has 0 radical (unpaired) electrons. The molecule has 0 spiro atoms. The first kappa shape index (κ1) is 24.0. The molecule has 2 N–H and O–H groups in total. The molecule has 0 aromatic heterocycles. The molecule has 0 saturated carbocycles. The molecule has 0 bridgehead atoms. The maximum absolute atomic E-state index is 12.9. The Morgan fingerprint density at radius 2 is 0.853 bits per heavy atom. The van der Waals surface area contributed by atoms with Crippen LogP contribution >= 0.6 is 0 Å². The quantitative estimate of drug-likeness (QED) is 0.301. The zero-order chi connectivity index (χ0) is 23.6. The topological polar surface area (TPSA) is 58.2 Å². The summed E-state index contributed by atoms with van der Waals surface area (Å²) in [7, 11) is 0. The molecule has 2 amide bonds. The molecule has 4 nitrogen and oxygen atoms in total. The summed E-state index contributed by atoms with van der Waals surface area (Å²) in [6.45, 7) is 0.993. The summed E-state index contributed by atoms with van der Waals surface area (Å²) >= 11 is 0.118. The molecular formula is C28H24N2O2Se2. The van der Waals surface area contributed by atoms with Gasteiger partial charge in [-0.25, -0.2) is 0 Å². The third-order valence-corrected chi connectivity index (χ3v) is 12.3. The minimum absolute atomic E-state index is 0.0590. The van der Waals surface area contributed by atoms with Gasteiger partial charge in [0.15, 0.2) is 0 Å². The first-order chi connectivity index (χ1) is 16.7. The van der Waals surface area contributed by atoms with Crippen molar-refractivity contribution in [2.75, 3.05) is 0 Å². The number of hydrogen-bond donors (Lipinski definition) is 2. The molecule has 34 heavy (non-hydrogen) atoms. The van der Waals surface area contributed by atoms with Gasteiger partial charge in [0, 0.05) is 0 Å². The average molecular weight is 578 g/mol. The van der Waals surface area contributed by atoms with Crippen LogP contribution in [0.2, 0.25) is 0 Å². The van der Waals surface area contributed by atoms with Crippen LogP contribution in [0.1, 0.15) is 31.8 Å². The van der Waals surface area contributed by atoms with Gasteiger partial charge in [-0.05, 0) is 0 Å². The second-order valence-corrected chi connectivity index (χ2v) is 13.7. The minimum atomic E-state index is -0.0639. The summed E-state index contributed by atoms with van der Waals surface area (Å²) in [5, 5.41) is 6.06. The molecule has 170 valence electrons. The molecule has 0 atom stereocenters. The van der Waals surface area contributed by atoms with Gasteiger partial charge in [0.05, 0.1) is 0 Å². The molecule has 0 aliphatic heterocycles. The fourth-order valence-corrected chi connectivity index (χ4v) is 10.4. The van der Waals surface area contributed by atoms with Crippen LogP contribution in [0.5, 0.6) is 0 Å². The van der Waals surface area contributed by atoms with Crippen molar-refractivity contribution in [3.63, 3.8) is 0 Å². The monoisotopic (exact) mass is 580 g/mol. The zero-order valence-corrected chi connectivity index (χ0v) is 21.9. The van der Waals surface area contributed by atoms with Crippen LogP contribution in [0.3, 0.4) is 0 Å². The number of carbonyl (C=O) groups excluding carboxylic acids is 2. The predicted octanol–water partition coefficient (Wildman–Crippen LogP) is 2.82. The molecule has 4 aromatic rings. The van der Waals surface area contributed by atoms with Gasteiger partial charge in [-0.1, -0.05) is 0 Å². The van der Waals surface area contributed by atoms with E-state index < -0.39 is 0 Å². The van der Waals surface area contributed by atoms with Gasteiger partial charge < -0.3 is 0 Å². The van der Waals surface area contributed by atoms with E-state index >= 15 is 0 Å². The number of amides is 2. The van der Waals surface area contributed by atoms with E-state index in [4.69, 9.17) is 0 Å². The Morgan fingerprint density at radius 1 is 0.500 bits per heavy atom. The van der Waals surface area contributed by atoms with E-state index in [9.17, 15) is 9.59 Å². The molecular weight excluding hydrogens is 554 g/mol. The van der Waals surface area contributed by atoms with Crippen molar-refractivity contribution in [2.45, 2.75) is 13.1 Å². The van der Waals surface area contributed by atoms with E-state index in [0.717, 1.165) is 20.1 Å². The standard InChI is InChI=1S/C28H24N2O2Se2/c31-27(29-19-21-11-3-1-4-12-21)23-15-7-9-17-25(23)33-34-26-18-10-8-16-24(26)28(32)30-20-22-13-5-2-6-14-22/h1-18H,19-20H2,(H,29,31)(H,30,32). The zero-order valence-electron chi connectivity index (χ0n) is 18.4. The molecule has 4 rings (SSSR count). The van der Waals surface area contributed by atoms with Crippen molar-refractivity contribution in [3.05, 3.63) is 131 Å². The Hall–Kier alpha value is -3.14. The molecule has 0 fully saturated rings. The Balaban J connectivity index is 1.41. The van der Waals surface area contributed by atoms with Crippen molar-refractivity contribution in [1.82, 2.24) is 10.6 Å². The fraction of sp³-hybridized carbons (Fsp3) is 0.0714. The maximum atomic E-state index is 12.9. The Morgan fingerprint density at radius 3 is 1.26 bits per heavy atom. The van der Waals surface area contributed by atoms with Gasteiger partial charge in [0.1, 0.15) is 0 Å². The van der Waals surface area contributed by atoms with Crippen LogP contribution in [0.15, 0.2) is 109 Å². The predicted molar refractivity (Wildman–Crippen MR) is 139 cm³/mol. The van der Waals surface area contributed by atoms with Gasteiger partial charge >= 0.3 is 212 Å². The van der Waals surface area contributed by atoms with Crippen LogP contribution in [0, 0.1) is 0 Å². The van der Waals surface area contributed by atoms with Crippen LogP contribution in [-0.4, -0.2) is 38.1 Å². The van der Waals surface area contributed by atoms with Crippen molar-refractivity contribution in [2.24, 2.45) is 0 Å². The molecule has 0 unspecified atom stereocenters. The summed E-state index contributed by atoms with van der Waals surface area (Å²) in [4.78, 5) is 25.8. The van der Waals surface area contributed by atoms with Crippen molar-refractivity contribution in [1.29, 1.82) is 0 Å². The molecule has 6 heteroatoms. The van der Waals surface area contributed by atoms with E-state index in [1.807, 2.05) is 109 Å². The summed E-state index contributed by atoms with van der Waals surface area (Å²) in [6.07, 6.45) is 0. The summed E-state index contributed by atoms with van der Waals surface area (Å²) in [5.74, 6) is -0.128. The summed E-state index contributed by atoms with van der Waals surface area (Å²) in [6, 6.07) is 35.3. The third kappa shape index (κ3) is 6.69. The van der Waals surface area contributed by atoms with Gasteiger partial charge in [0.25, 0.3) is 0 Å². The van der Waals surface area contributed by atoms with Crippen LogP contribution < -0.4 is 19.6 Å². The van der Waals surface area contributed by atoms with Gasteiger partial charge in [-0.15, -0.1) is 0 Å². The number of carbonyl (C=O) groups is 2.